The SMILES string of the molecule is COc1ccc2c(c1)c(C)cn2NC(=O)Oc1cnc(-c2cccc(F)c2)nc1C. The van der Waals surface area contributed by atoms with Crippen molar-refractivity contribution in [3.05, 3.63) is 71.9 Å². The van der Waals surface area contributed by atoms with Crippen LogP contribution in [0.25, 0.3) is 22.3 Å². The zero-order chi connectivity index (χ0) is 21.3. The van der Waals surface area contributed by atoms with Crippen LogP contribution in [0.1, 0.15) is 11.3 Å². The number of nitrogens with zero attached hydrogens (tertiary/aromatic N) is 3. The number of benzene rings is 2. The molecule has 0 bridgehead atoms. The first-order valence-electron chi connectivity index (χ1n) is 9.18. The second-order valence-electron chi connectivity index (χ2n) is 6.72. The summed E-state index contributed by atoms with van der Waals surface area (Å²) in [5.41, 5.74) is 5.46. The molecule has 0 unspecified atom stereocenters. The molecule has 0 saturated carbocycles. The van der Waals surface area contributed by atoms with Gasteiger partial charge in [-0.2, -0.15) is 0 Å². The van der Waals surface area contributed by atoms with E-state index >= 15 is 0 Å². The van der Waals surface area contributed by atoms with E-state index in [0.29, 0.717) is 17.1 Å². The molecular weight excluding hydrogens is 387 g/mol. The van der Waals surface area contributed by atoms with Crippen LogP contribution < -0.4 is 14.9 Å². The standard InChI is InChI=1S/C22H19FN4O3/c1-13-12-27(19-8-7-17(29-3)10-18(13)19)26-22(28)30-20-11-24-21(25-14(20)2)15-5-4-6-16(23)9-15/h4-12H,1-3H3,(H,26,28). The Bertz CT molecular complexity index is 1250. The summed E-state index contributed by atoms with van der Waals surface area (Å²) < 4.78 is 25.6. The molecule has 1 N–H and O–H groups in total. The van der Waals surface area contributed by atoms with Gasteiger partial charge >= 0.3 is 6.09 Å². The number of fused-ring (bicyclic) bond motifs is 1. The summed E-state index contributed by atoms with van der Waals surface area (Å²) in [4.78, 5) is 20.9. The molecule has 0 aliphatic carbocycles. The summed E-state index contributed by atoms with van der Waals surface area (Å²) in [6, 6.07) is 11.5. The van der Waals surface area contributed by atoms with E-state index < -0.39 is 6.09 Å². The third-order valence-corrected chi connectivity index (χ3v) is 4.64. The van der Waals surface area contributed by atoms with E-state index in [-0.39, 0.29) is 11.6 Å². The molecule has 0 aliphatic heterocycles. The Balaban J connectivity index is 1.53. The minimum absolute atomic E-state index is 0.211. The number of carbonyl (C=O) groups is 1. The molecule has 152 valence electrons. The fourth-order valence-corrected chi connectivity index (χ4v) is 3.14. The lowest BCUT2D eigenvalue weighted by atomic mass is 10.2. The number of aryl methyl sites for hydroxylation is 2. The second kappa shape index (κ2) is 7.82. The van der Waals surface area contributed by atoms with Gasteiger partial charge in [-0.15, -0.1) is 0 Å². The second-order valence-corrected chi connectivity index (χ2v) is 6.72. The van der Waals surface area contributed by atoms with Gasteiger partial charge in [0.05, 0.1) is 24.5 Å². The van der Waals surface area contributed by atoms with Gasteiger partial charge in [0.15, 0.2) is 11.6 Å². The van der Waals surface area contributed by atoms with Gasteiger partial charge in [-0.3, -0.25) is 4.68 Å². The quantitative estimate of drug-likeness (QED) is 0.536. The number of aromatic nitrogens is 3. The Hall–Kier alpha value is -3.94. The molecule has 0 aliphatic rings. The van der Waals surface area contributed by atoms with Crippen molar-refractivity contribution in [1.29, 1.82) is 0 Å². The van der Waals surface area contributed by atoms with Gasteiger partial charge in [0, 0.05) is 17.1 Å². The maximum atomic E-state index is 13.4. The fourth-order valence-electron chi connectivity index (χ4n) is 3.14. The van der Waals surface area contributed by atoms with Crippen molar-refractivity contribution in [2.75, 3.05) is 12.5 Å². The van der Waals surface area contributed by atoms with E-state index in [1.165, 1.54) is 18.3 Å². The zero-order valence-electron chi connectivity index (χ0n) is 16.6. The van der Waals surface area contributed by atoms with Crippen molar-refractivity contribution in [2.24, 2.45) is 0 Å². The molecule has 7 nitrogen and oxygen atoms in total. The highest BCUT2D eigenvalue weighted by Gasteiger charge is 2.14. The molecule has 0 radical (unpaired) electrons. The van der Waals surface area contributed by atoms with Gasteiger partial charge in [0.1, 0.15) is 11.6 Å². The maximum absolute atomic E-state index is 13.4. The predicted octanol–water partition coefficient (Wildman–Crippen LogP) is 4.61. The monoisotopic (exact) mass is 406 g/mol. The van der Waals surface area contributed by atoms with Crippen LogP contribution in [0.3, 0.4) is 0 Å². The first-order valence-corrected chi connectivity index (χ1v) is 9.18. The fraction of sp³-hybridized carbons (Fsp3) is 0.136. The summed E-state index contributed by atoms with van der Waals surface area (Å²) in [7, 11) is 1.60. The topological polar surface area (TPSA) is 78.3 Å². The molecule has 4 rings (SSSR count). The van der Waals surface area contributed by atoms with Crippen LogP contribution in [0.2, 0.25) is 0 Å². The Morgan fingerprint density at radius 3 is 2.73 bits per heavy atom. The molecule has 30 heavy (non-hydrogen) atoms. The van der Waals surface area contributed by atoms with E-state index in [1.807, 2.05) is 25.1 Å². The number of halogens is 1. The lowest BCUT2D eigenvalue weighted by Crippen LogP contribution is -2.25. The Labute approximate surface area is 172 Å². The third-order valence-electron chi connectivity index (χ3n) is 4.64. The third kappa shape index (κ3) is 3.80. The highest BCUT2D eigenvalue weighted by Crippen LogP contribution is 2.25. The average molecular weight is 406 g/mol. The summed E-state index contributed by atoms with van der Waals surface area (Å²) in [5.74, 6) is 0.917. The number of amides is 1. The maximum Gasteiger partial charge on any atom is 0.432 e. The van der Waals surface area contributed by atoms with Crippen LogP contribution in [-0.4, -0.2) is 27.8 Å². The molecule has 4 aromatic rings. The van der Waals surface area contributed by atoms with E-state index in [2.05, 4.69) is 15.4 Å². The summed E-state index contributed by atoms with van der Waals surface area (Å²) >= 11 is 0. The minimum atomic E-state index is -0.687. The van der Waals surface area contributed by atoms with E-state index in [0.717, 1.165) is 22.2 Å². The Morgan fingerprint density at radius 2 is 2.00 bits per heavy atom. The van der Waals surface area contributed by atoms with Crippen molar-refractivity contribution < 1.29 is 18.7 Å². The van der Waals surface area contributed by atoms with Crippen molar-refractivity contribution in [1.82, 2.24) is 14.6 Å². The van der Waals surface area contributed by atoms with Gasteiger partial charge in [-0.05, 0) is 49.7 Å². The van der Waals surface area contributed by atoms with Crippen molar-refractivity contribution in [3.8, 4) is 22.9 Å². The molecule has 0 fully saturated rings. The van der Waals surface area contributed by atoms with Gasteiger partial charge in [0.2, 0.25) is 0 Å². The molecule has 2 aromatic heterocycles. The van der Waals surface area contributed by atoms with Gasteiger partial charge in [-0.1, -0.05) is 12.1 Å². The number of nitrogens with one attached hydrogen (secondary N) is 1. The lowest BCUT2D eigenvalue weighted by molar-refractivity contribution is 0.211. The van der Waals surface area contributed by atoms with E-state index in [9.17, 15) is 9.18 Å². The molecular formula is C22H19FN4O3. The number of ether oxygens (including phenoxy) is 2. The van der Waals surface area contributed by atoms with E-state index in [4.69, 9.17) is 9.47 Å². The Morgan fingerprint density at radius 1 is 1.17 bits per heavy atom. The molecule has 2 aromatic carbocycles. The van der Waals surface area contributed by atoms with Crippen LogP contribution in [0, 0.1) is 19.7 Å². The van der Waals surface area contributed by atoms with Crippen LogP contribution in [0.5, 0.6) is 11.5 Å². The van der Waals surface area contributed by atoms with Gasteiger partial charge in [-0.25, -0.2) is 24.6 Å². The van der Waals surface area contributed by atoms with Crippen LogP contribution in [0.15, 0.2) is 54.9 Å². The van der Waals surface area contributed by atoms with Gasteiger partial charge < -0.3 is 9.47 Å². The lowest BCUT2D eigenvalue weighted by Gasteiger charge is -2.11. The zero-order valence-corrected chi connectivity index (χ0v) is 16.6. The average Bonchev–Trinajstić information content (AvgIpc) is 3.04. The number of carbonyl (C=O) groups excluding carboxylic acids is 1. The molecule has 1 amide bonds. The summed E-state index contributed by atoms with van der Waals surface area (Å²) in [6.07, 6.45) is 2.50. The van der Waals surface area contributed by atoms with Crippen molar-refractivity contribution in [2.45, 2.75) is 13.8 Å². The number of methoxy groups -OCH3 is 1. The van der Waals surface area contributed by atoms with Crippen LogP contribution >= 0.6 is 0 Å². The van der Waals surface area contributed by atoms with Crippen molar-refractivity contribution in [3.63, 3.8) is 0 Å². The smallest absolute Gasteiger partial charge is 0.432 e. The number of hydrogen-bond donors (Lipinski definition) is 1. The molecule has 0 saturated heterocycles. The highest BCUT2D eigenvalue weighted by atomic mass is 19.1. The first kappa shape index (κ1) is 19.4. The summed E-state index contributed by atoms with van der Waals surface area (Å²) in [5, 5.41) is 0.952. The minimum Gasteiger partial charge on any atom is -0.497 e. The molecule has 0 spiro atoms. The number of hydrogen-bond acceptors (Lipinski definition) is 5. The van der Waals surface area contributed by atoms with Crippen LogP contribution in [0.4, 0.5) is 9.18 Å². The molecule has 8 heteroatoms. The van der Waals surface area contributed by atoms with Gasteiger partial charge in [0.25, 0.3) is 0 Å². The first-order chi connectivity index (χ1) is 14.4. The highest BCUT2D eigenvalue weighted by molar-refractivity contribution is 5.88. The summed E-state index contributed by atoms with van der Waals surface area (Å²) in [6.45, 7) is 3.63. The van der Waals surface area contributed by atoms with Crippen LogP contribution in [-0.2, 0) is 0 Å². The molecule has 2 heterocycles. The van der Waals surface area contributed by atoms with Crippen molar-refractivity contribution >= 4 is 17.0 Å². The largest absolute Gasteiger partial charge is 0.497 e. The van der Waals surface area contributed by atoms with E-state index in [1.54, 1.807) is 37.0 Å². The molecule has 0 atom stereocenters. The predicted molar refractivity (Wildman–Crippen MR) is 111 cm³/mol. The Kier molecular flexibility index (Phi) is 5.05. The number of rotatable bonds is 4. The normalized spacial score (nSPS) is 10.8.